The van der Waals surface area contributed by atoms with Gasteiger partial charge in [0.2, 0.25) is 0 Å². The van der Waals surface area contributed by atoms with Gasteiger partial charge in [-0.2, -0.15) is 0 Å². The smallest absolute Gasteiger partial charge is 0.150 e. The predicted octanol–water partition coefficient (Wildman–Crippen LogP) is 2.86. The van der Waals surface area contributed by atoms with E-state index in [4.69, 9.17) is 10.5 Å². The molecule has 0 amide bonds. The third kappa shape index (κ3) is 2.53. The molecule has 0 radical (unpaired) electrons. The minimum Gasteiger partial charge on any atom is -0.494 e. The first-order valence-electron chi connectivity index (χ1n) is 5.67. The summed E-state index contributed by atoms with van der Waals surface area (Å²) >= 11 is 0. The summed E-state index contributed by atoms with van der Waals surface area (Å²) in [5.74, 6) is 0.616. The number of benzene rings is 1. The van der Waals surface area contributed by atoms with Gasteiger partial charge in [-0.25, -0.2) is 4.39 Å². The van der Waals surface area contributed by atoms with E-state index in [0.29, 0.717) is 12.2 Å². The Hall–Kier alpha value is -1.09. The first-order valence-corrected chi connectivity index (χ1v) is 5.67. The molecule has 0 saturated carbocycles. The van der Waals surface area contributed by atoms with Crippen LogP contribution < -0.4 is 10.5 Å². The molecule has 0 spiro atoms. The zero-order valence-electron chi connectivity index (χ0n) is 10.2. The highest BCUT2D eigenvalue weighted by molar-refractivity contribution is 5.31. The third-order valence-electron chi connectivity index (χ3n) is 2.86. The van der Waals surface area contributed by atoms with Crippen molar-refractivity contribution in [3.05, 3.63) is 29.8 Å². The normalized spacial score (nSPS) is 14.9. The van der Waals surface area contributed by atoms with E-state index < -0.39 is 5.67 Å². The Kier molecular flexibility index (Phi) is 4.30. The summed E-state index contributed by atoms with van der Waals surface area (Å²) in [6.45, 7) is 6.20. The Balaban J connectivity index is 2.95. The van der Waals surface area contributed by atoms with Gasteiger partial charge in [0.1, 0.15) is 11.4 Å². The second-order valence-corrected chi connectivity index (χ2v) is 4.18. The van der Waals surface area contributed by atoms with Crippen molar-refractivity contribution in [2.45, 2.75) is 26.4 Å². The summed E-state index contributed by atoms with van der Waals surface area (Å²) in [7, 11) is 0. The number of nitrogens with two attached hydrogens (primary N) is 1. The molecule has 1 unspecified atom stereocenters. The molecule has 1 atom stereocenters. The number of hydrogen-bond donors (Lipinski definition) is 1. The van der Waals surface area contributed by atoms with Crippen LogP contribution in [0.1, 0.15) is 26.3 Å². The molecule has 2 N–H and O–H groups in total. The van der Waals surface area contributed by atoms with Gasteiger partial charge in [0.15, 0.2) is 0 Å². The van der Waals surface area contributed by atoms with E-state index >= 15 is 0 Å². The molecule has 0 aliphatic carbocycles. The monoisotopic (exact) mass is 225 g/mol. The summed E-state index contributed by atoms with van der Waals surface area (Å²) in [6.07, 6.45) is 0. The van der Waals surface area contributed by atoms with Crippen LogP contribution in [-0.2, 0) is 5.67 Å². The van der Waals surface area contributed by atoms with Crippen molar-refractivity contribution in [3.63, 3.8) is 0 Å². The second-order valence-electron chi connectivity index (χ2n) is 4.18. The van der Waals surface area contributed by atoms with Crippen LogP contribution in [0.2, 0.25) is 0 Å². The maximum Gasteiger partial charge on any atom is 0.150 e. The average molecular weight is 225 g/mol. The van der Waals surface area contributed by atoms with E-state index in [-0.39, 0.29) is 12.5 Å². The minimum atomic E-state index is -1.45. The zero-order chi connectivity index (χ0) is 12.2. The molecular weight excluding hydrogens is 205 g/mol. The zero-order valence-corrected chi connectivity index (χ0v) is 10.2. The Bertz CT molecular complexity index is 323. The quantitative estimate of drug-likeness (QED) is 0.836. The summed E-state index contributed by atoms with van der Waals surface area (Å²) in [6, 6.07) is 7.06. The van der Waals surface area contributed by atoms with E-state index in [1.165, 1.54) is 0 Å². The summed E-state index contributed by atoms with van der Waals surface area (Å²) in [4.78, 5) is 0. The van der Waals surface area contributed by atoms with Crippen LogP contribution in [0.15, 0.2) is 24.3 Å². The summed E-state index contributed by atoms with van der Waals surface area (Å²) in [5.41, 5.74) is 4.70. The van der Waals surface area contributed by atoms with Gasteiger partial charge in [-0.05, 0) is 30.5 Å². The number of rotatable bonds is 5. The molecule has 0 aliphatic rings. The molecule has 0 heterocycles. The van der Waals surface area contributed by atoms with E-state index in [0.717, 1.165) is 5.75 Å². The van der Waals surface area contributed by atoms with Crippen molar-refractivity contribution in [2.24, 2.45) is 11.7 Å². The maximum atomic E-state index is 14.5. The molecule has 0 bridgehead atoms. The maximum absolute atomic E-state index is 14.5. The molecule has 3 heteroatoms. The van der Waals surface area contributed by atoms with Gasteiger partial charge < -0.3 is 10.5 Å². The second kappa shape index (κ2) is 5.30. The topological polar surface area (TPSA) is 35.2 Å². The molecule has 90 valence electrons. The molecule has 1 rings (SSSR count). The number of halogens is 1. The highest BCUT2D eigenvalue weighted by Gasteiger charge is 2.34. The summed E-state index contributed by atoms with van der Waals surface area (Å²) in [5, 5.41) is 0. The first kappa shape index (κ1) is 13.0. The van der Waals surface area contributed by atoms with Crippen molar-refractivity contribution < 1.29 is 9.13 Å². The lowest BCUT2D eigenvalue weighted by Gasteiger charge is -2.28. The van der Waals surface area contributed by atoms with Crippen LogP contribution >= 0.6 is 0 Å². The van der Waals surface area contributed by atoms with E-state index in [2.05, 4.69) is 0 Å². The van der Waals surface area contributed by atoms with Crippen molar-refractivity contribution in [1.82, 2.24) is 0 Å². The van der Waals surface area contributed by atoms with Gasteiger partial charge in [-0.1, -0.05) is 26.0 Å². The molecular formula is C13H20FNO. The number of ether oxygens (including phenoxy) is 1. The van der Waals surface area contributed by atoms with Crippen LogP contribution in [0.4, 0.5) is 4.39 Å². The molecule has 1 aromatic carbocycles. The van der Waals surface area contributed by atoms with Gasteiger partial charge in [-0.15, -0.1) is 0 Å². The van der Waals surface area contributed by atoms with Crippen molar-refractivity contribution in [3.8, 4) is 5.75 Å². The standard InChI is InChI=1S/C13H20FNO/c1-4-16-12-7-5-11(6-8-12)13(14,9-15)10(2)3/h5-8,10H,4,9,15H2,1-3H3. The molecule has 1 aromatic rings. The Labute approximate surface area is 96.6 Å². The molecule has 0 aromatic heterocycles. The molecule has 0 fully saturated rings. The largest absolute Gasteiger partial charge is 0.494 e. The van der Waals surface area contributed by atoms with Gasteiger partial charge in [0.25, 0.3) is 0 Å². The molecule has 2 nitrogen and oxygen atoms in total. The van der Waals surface area contributed by atoms with E-state index in [1.807, 2.05) is 20.8 Å². The SMILES string of the molecule is CCOc1ccc(C(F)(CN)C(C)C)cc1. The summed E-state index contributed by atoms with van der Waals surface area (Å²) < 4.78 is 19.8. The Morgan fingerprint density at radius 1 is 1.31 bits per heavy atom. The highest BCUT2D eigenvalue weighted by Crippen LogP contribution is 2.33. The third-order valence-corrected chi connectivity index (χ3v) is 2.86. The Morgan fingerprint density at radius 2 is 1.88 bits per heavy atom. The van der Waals surface area contributed by atoms with Crippen LogP contribution in [0.3, 0.4) is 0 Å². The fraction of sp³-hybridized carbons (Fsp3) is 0.538. The highest BCUT2D eigenvalue weighted by atomic mass is 19.1. The Morgan fingerprint density at radius 3 is 2.25 bits per heavy atom. The van der Waals surface area contributed by atoms with Gasteiger partial charge in [0, 0.05) is 6.54 Å². The minimum absolute atomic E-state index is 0.00134. The number of hydrogen-bond acceptors (Lipinski definition) is 2. The van der Waals surface area contributed by atoms with E-state index in [1.54, 1.807) is 24.3 Å². The lowest BCUT2D eigenvalue weighted by Crippen LogP contribution is -2.35. The molecule has 0 saturated heterocycles. The van der Waals surface area contributed by atoms with Crippen molar-refractivity contribution in [2.75, 3.05) is 13.2 Å². The molecule has 16 heavy (non-hydrogen) atoms. The predicted molar refractivity (Wildman–Crippen MR) is 64.3 cm³/mol. The molecule has 0 aliphatic heterocycles. The fourth-order valence-corrected chi connectivity index (χ4v) is 1.68. The van der Waals surface area contributed by atoms with Crippen LogP contribution in [-0.4, -0.2) is 13.2 Å². The van der Waals surface area contributed by atoms with Crippen molar-refractivity contribution in [1.29, 1.82) is 0 Å². The fourth-order valence-electron chi connectivity index (χ4n) is 1.68. The average Bonchev–Trinajstić information content (AvgIpc) is 2.29. The van der Waals surface area contributed by atoms with Crippen molar-refractivity contribution >= 4 is 0 Å². The van der Waals surface area contributed by atoms with Crippen LogP contribution in [0, 0.1) is 5.92 Å². The van der Waals surface area contributed by atoms with Crippen LogP contribution in [0.25, 0.3) is 0 Å². The van der Waals surface area contributed by atoms with Gasteiger partial charge >= 0.3 is 0 Å². The number of alkyl halides is 1. The van der Waals surface area contributed by atoms with Gasteiger partial charge in [-0.3, -0.25) is 0 Å². The first-order chi connectivity index (χ1) is 7.54. The lowest BCUT2D eigenvalue weighted by atomic mass is 9.85. The van der Waals surface area contributed by atoms with Crippen LogP contribution in [0.5, 0.6) is 5.75 Å². The van der Waals surface area contributed by atoms with Gasteiger partial charge in [0.05, 0.1) is 6.61 Å². The lowest BCUT2D eigenvalue weighted by molar-refractivity contribution is 0.109. The van der Waals surface area contributed by atoms with E-state index in [9.17, 15) is 4.39 Å².